The lowest BCUT2D eigenvalue weighted by molar-refractivity contribution is 0.415. The Balaban J connectivity index is 1.64. The first-order valence-corrected chi connectivity index (χ1v) is 8.92. The SMILES string of the molecule is COc1cccc(Nc2cc(NCc3ccco3)nc(-c3ccccc3)n2)c1. The molecular weight excluding hydrogens is 352 g/mol. The summed E-state index contributed by atoms with van der Waals surface area (Å²) < 4.78 is 10.7. The first-order chi connectivity index (χ1) is 13.8. The van der Waals surface area contributed by atoms with Crippen LogP contribution in [0.15, 0.2) is 83.5 Å². The molecule has 0 atom stereocenters. The van der Waals surface area contributed by atoms with Crippen LogP contribution in [-0.2, 0) is 6.54 Å². The van der Waals surface area contributed by atoms with Crippen molar-refractivity contribution in [2.45, 2.75) is 6.54 Å². The van der Waals surface area contributed by atoms with Crippen molar-refractivity contribution in [3.05, 3.63) is 84.8 Å². The zero-order chi connectivity index (χ0) is 19.2. The highest BCUT2D eigenvalue weighted by Gasteiger charge is 2.08. The van der Waals surface area contributed by atoms with Gasteiger partial charge in [-0.3, -0.25) is 0 Å². The lowest BCUT2D eigenvalue weighted by Crippen LogP contribution is -2.05. The van der Waals surface area contributed by atoms with Gasteiger partial charge < -0.3 is 19.8 Å². The van der Waals surface area contributed by atoms with Gasteiger partial charge in [0.1, 0.15) is 23.1 Å². The van der Waals surface area contributed by atoms with E-state index in [1.165, 1.54) is 0 Å². The molecule has 4 aromatic rings. The Bertz CT molecular complexity index is 1030. The van der Waals surface area contributed by atoms with Crippen LogP contribution in [0.25, 0.3) is 11.4 Å². The number of ether oxygens (including phenoxy) is 1. The molecule has 0 bridgehead atoms. The van der Waals surface area contributed by atoms with Crippen LogP contribution in [0.4, 0.5) is 17.3 Å². The van der Waals surface area contributed by atoms with E-state index in [9.17, 15) is 0 Å². The Morgan fingerprint density at radius 3 is 2.54 bits per heavy atom. The van der Waals surface area contributed by atoms with E-state index in [-0.39, 0.29) is 0 Å². The second-order valence-corrected chi connectivity index (χ2v) is 6.12. The fraction of sp³-hybridized carbons (Fsp3) is 0.0909. The van der Waals surface area contributed by atoms with E-state index < -0.39 is 0 Å². The van der Waals surface area contributed by atoms with Gasteiger partial charge in [-0.25, -0.2) is 9.97 Å². The zero-order valence-corrected chi connectivity index (χ0v) is 15.4. The minimum Gasteiger partial charge on any atom is -0.497 e. The predicted octanol–water partition coefficient (Wildman–Crippen LogP) is 5.10. The summed E-state index contributed by atoms with van der Waals surface area (Å²) in [6.45, 7) is 0.539. The van der Waals surface area contributed by atoms with E-state index in [4.69, 9.17) is 9.15 Å². The van der Waals surface area contributed by atoms with E-state index in [2.05, 4.69) is 20.6 Å². The second kappa shape index (κ2) is 8.26. The molecule has 0 radical (unpaired) electrons. The van der Waals surface area contributed by atoms with Gasteiger partial charge in [0.2, 0.25) is 0 Å². The molecule has 4 rings (SSSR count). The Labute approximate surface area is 163 Å². The topological polar surface area (TPSA) is 72.2 Å². The summed E-state index contributed by atoms with van der Waals surface area (Å²) in [5.74, 6) is 3.64. The average molecular weight is 372 g/mol. The fourth-order valence-corrected chi connectivity index (χ4v) is 2.76. The molecule has 0 saturated heterocycles. The van der Waals surface area contributed by atoms with Crippen LogP contribution in [0, 0.1) is 0 Å². The molecule has 0 aliphatic rings. The van der Waals surface area contributed by atoms with Gasteiger partial charge in [0.05, 0.1) is 19.9 Å². The van der Waals surface area contributed by atoms with Crippen molar-refractivity contribution in [2.24, 2.45) is 0 Å². The lowest BCUT2D eigenvalue weighted by Gasteiger charge is -2.12. The lowest BCUT2D eigenvalue weighted by atomic mass is 10.2. The number of nitrogens with one attached hydrogen (secondary N) is 2. The Hall–Kier alpha value is -3.80. The minimum atomic E-state index is 0.539. The van der Waals surface area contributed by atoms with Gasteiger partial charge in [-0.1, -0.05) is 36.4 Å². The monoisotopic (exact) mass is 372 g/mol. The largest absolute Gasteiger partial charge is 0.497 e. The van der Waals surface area contributed by atoms with Gasteiger partial charge in [0, 0.05) is 23.4 Å². The number of methoxy groups -OCH3 is 1. The number of aromatic nitrogens is 2. The van der Waals surface area contributed by atoms with Crippen molar-refractivity contribution >= 4 is 17.3 Å². The number of anilines is 3. The highest BCUT2D eigenvalue weighted by atomic mass is 16.5. The fourth-order valence-electron chi connectivity index (χ4n) is 2.76. The van der Waals surface area contributed by atoms with E-state index in [1.807, 2.05) is 72.8 Å². The number of rotatable bonds is 7. The molecule has 28 heavy (non-hydrogen) atoms. The van der Waals surface area contributed by atoms with Crippen molar-refractivity contribution in [3.63, 3.8) is 0 Å². The Morgan fingerprint density at radius 2 is 1.75 bits per heavy atom. The quantitative estimate of drug-likeness (QED) is 0.470. The van der Waals surface area contributed by atoms with E-state index in [0.29, 0.717) is 24.0 Å². The number of hydrogen-bond donors (Lipinski definition) is 2. The van der Waals surface area contributed by atoms with Crippen molar-refractivity contribution in [2.75, 3.05) is 17.7 Å². The second-order valence-electron chi connectivity index (χ2n) is 6.12. The summed E-state index contributed by atoms with van der Waals surface area (Å²) in [6, 6.07) is 23.2. The van der Waals surface area contributed by atoms with Gasteiger partial charge in [0.25, 0.3) is 0 Å². The van der Waals surface area contributed by atoms with E-state index in [1.54, 1.807) is 13.4 Å². The van der Waals surface area contributed by atoms with Gasteiger partial charge >= 0.3 is 0 Å². The third-order valence-corrected chi connectivity index (χ3v) is 4.12. The van der Waals surface area contributed by atoms with E-state index in [0.717, 1.165) is 22.8 Å². The standard InChI is InChI=1S/C22H20N4O2/c1-27-18-10-5-9-17(13-18)24-21-14-20(23-15-19-11-6-12-28-19)25-22(26-21)16-7-3-2-4-8-16/h2-14H,15H2,1H3,(H2,23,24,25,26). The van der Waals surface area contributed by atoms with E-state index >= 15 is 0 Å². The molecule has 0 saturated carbocycles. The van der Waals surface area contributed by atoms with Crippen LogP contribution in [0.1, 0.15) is 5.76 Å². The highest BCUT2D eigenvalue weighted by Crippen LogP contribution is 2.25. The number of nitrogens with zero attached hydrogens (tertiary/aromatic N) is 2. The maximum atomic E-state index is 5.39. The third kappa shape index (κ3) is 4.29. The molecule has 140 valence electrons. The Morgan fingerprint density at radius 1 is 0.893 bits per heavy atom. The van der Waals surface area contributed by atoms with Crippen LogP contribution >= 0.6 is 0 Å². The van der Waals surface area contributed by atoms with Gasteiger partial charge in [-0.2, -0.15) is 0 Å². The van der Waals surface area contributed by atoms with Crippen molar-refractivity contribution in [1.29, 1.82) is 0 Å². The van der Waals surface area contributed by atoms with Crippen molar-refractivity contribution in [1.82, 2.24) is 9.97 Å². The van der Waals surface area contributed by atoms with Crippen molar-refractivity contribution in [3.8, 4) is 17.1 Å². The number of benzene rings is 2. The first-order valence-electron chi connectivity index (χ1n) is 8.92. The summed E-state index contributed by atoms with van der Waals surface area (Å²) in [5.41, 5.74) is 1.83. The number of furan rings is 1. The molecule has 0 fully saturated rings. The molecule has 2 aromatic carbocycles. The molecule has 0 aliphatic heterocycles. The van der Waals surface area contributed by atoms with Crippen LogP contribution in [0.2, 0.25) is 0 Å². The molecule has 2 heterocycles. The van der Waals surface area contributed by atoms with Crippen LogP contribution in [0.5, 0.6) is 5.75 Å². The molecule has 0 unspecified atom stereocenters. The van der Waals surface area contributed by atoms with Crippen LogP contribution < -0.4 is 15.4 Å². The van der Waals surface area contributed by atoms with Gasteiger partial charge in [-0.15, -0.1) is 0 Å². The Kier molecular flexibility index (Phi) is 5.20. The minimum absolute atomic E-state index is 0.539. The molecule has 2 aromatic heterocycles. The molecule has 6 nitrogen and oxygen atoms in total. The molecule has 2 N–H and O–H groups in total. The predicted molar refractivity (Wildman–Crippen MR) is 110 cm³/mol. The highest BCUT2D eigenvalue weighted by molar-refractivity contribution is 5.65. The first kappa shape index (κ1) is 17.6. The summed E-state index contributed by atoms with van der Waals surface area (Å²) in [7, 11) is 1.65. The van der Waals surface area contributed by atoms with Gasteiger partial charge in [0.15, 0.2) is 5.82 Å². The maximum absolute atomic E-state index is 5.39. The smallest absolute Gasteiger partial charge is 0.163 e. The molecule has 0 spiro atoms. The average Bonchev–Trinajstić information content (AvgIpc) is 3.27. The van der Waals surface area contributed by atoms with Crippen LogP contribution in [-0.4, -0.2) is 17.1 Å². The zero-order valence-electron chi connectivity index (χ0n) is 15.4. The molecule has 0 amide bonds. The van der Waals surface area contributed by atoms with Crippen LogP contribution in [0.3, 0.4) is 0 Å². The normalized spacial score (nSPS) is 10.5. The molecule has 6 heteroatoms. The van der Waals surface area contributed by atoms with Crippen molar-refractivity contribution < 1.29 is 9.15 Å². The summed E-state index contributed by atoms with van der Waals surface area (Å²) in [5, 5.41) is 6.62. The van der Waals surface area contributed by atoms with Gasteiger partial charge in [-0.05, 0) is 24.3 Å². The maximum Gasteiger partial charge on any atom is 0.163 e. The summed E-state index contributed by atoms with van der Waals surface area (Å²) in [6.07, 6.45) is 1.65. The third-order valence-electron chi connectivity index (χ3n) is 4.12. The molecular formula is C22H20N4O2. The number of hydrogen-bond acceptors (Lipinski definition) is 6. The summed E-state index contributed by atoms with van der Waals surface area (Å²) in [4.78, 5) is 9.32. The molecule has 0 aliphatic carbocycles. The summed E-state index contributed by atoms with van der Waals surface area (Å²) >= 11 is 0.